The Labute approximate surface area is 155 Å². The standard InChI is InChI=1S/C15H23F3N4O2S2/c1-3-19-14(20-10-13-5-4-11(2)25-13)21-12-6-8-22(9-7-12)26(23,24)15(16,17)18/h4-5,12H,3,6-10H2,1-2H3,(H2,19,20,21). The molecule has 11 heteroatoms. The molecule has 1 aromatic rings. The Balaban J connectivity index is 1.93. The van der Waals surface area contributed by atoms with E-state index in [0.29, 0.717) is 23.4 Å². The minimum Gasteiger partial charge on any atom is -0.357 e. The van der Waals surface area contributed by atoms with Gasteiger partial charge in [-0.15, -0.1) is 11.3 Å². The van der Waals surface area contributed by atoms with Crippen LogP contribution in [0.25, 0.3) is 0 Å². The molecule has 2 rings (SSSR count). The van der Waals surface area contributed by atoms with Gasteiger partial charge in [0.15, 0.2) is 5.96 Å². The van der Waals surface area contributed by atoms with Crippen LogP contribution in [0.15, 0.2) is 17.1 Å². The predicted octanol–water partition coefficient (Wildman–Crippen LogP) is 2.43. The molecule has 26 heavy (non-hydrogen) atoms. The summed E-state index contributed by atoms with van der Waals surface area (Å²) in [6, 6.07) is 3.90. The molecule has 1 aliphatic rings. The molecule has 0 aromatic carbocycles. The Morgan fingerprint density at radius 2 is 2.00 bits per heavy atom. The van der Waals surface area contributed by atoms with Crippen molar-refractivity contribution in [1.82, 2.24) is 14.9 Å². The maximum Gasteiger partial charge on any atom is 0.511 e. The number of nitrogens with zero attached hydrogens (tertiary/aromatic N) is 2. The van der Waals surface area contributed by atoms with E-state index in [1.54, 1.807) is 11.3 Å². The van der Waals surface area contributed by atoms with Crippen LogP contribution in [0, 0.1) is 6.92 Å². The highest BCUT2D eigenvalue weighted by molar-refractivity contribution is 7.90. The van der Waals surface area contributed by atoms with Gasteiger partial charge in [0.2, 0.25) is 0 Å². The molecule has 1 aromatic heterocycles. The van der Waals surface area contributed by atoms with Crippen molar-refractivity contribution in [1.29, 1.82) is 0 Å². The fourth-order valence-electron chi connectivity index (χ4n) is 2.63. The molecule has 0 atom stereocenters. The van der Waals surface area contributed by atoms with E-state index in [9.17, 15) is 21.6 Å². The molecule has 0 bridgehead atoms. The lowest BCUT2D eigenvalue weighted by atomic mass is 10.1. The number of sulfonamides is 1. The Kier molecular flexibility index (Phi) is 6.92. The lowest BCUT2D eigenvalue weighted by Gasteiger charge is -2.32. The van der Waals surface area contributed by atoms with Gasteiger partial charge in [0.05, 0.1) is 6.54 Å². The van der Waals surface area contributed by atoms with Crippen molar-refractivity contribution in [2.45, 2.75) is 44.8 Å². The van der Waals surface area contributed by atoms with Crippen LogP contribution in [0.1, 0.15) is 29.5 Å². The number of thiophene rings is 1. The number of piperidine rings is 1. The Bertz CT molecular complexity index is 723. The molecular weight excluding hydrogens is 389 g/mol. The van der Waals surface area contributed by atoms with Gasteiger partial charge >= 0.3 is 15.5 Å². The SMILES string of the molecule is CCNC(=NCc1ccc(C)s1)NC1CCN(S(=O)(=O)C(F)(F)F)CC1. The Morgan fingerprint density at radius 1 is 1.35 bits per heavy atom. The number of guanidine groups is 1. The van der Waals surface area contributed by atoms with Crippen molar-refractivity contribution in [2.75, 3.05) is 19.6 Å². The van der Waals surface area contributed by atoms with Crippen LogP contribution in [-0.2, 0) is 16.6 Å². The van der Waals surface area contributed by atoms with E-state index in [-0.39, 0.29) is 32.0 Å². The molecule has 0 saturated carbocycles. The Morgan fingerprint density at radius 3 is 2.50 bits per heavy atom. The van der Waals surface area contributed by atoms with Crippen LogP contribution in [0.2, 0.25) is 0 Å². The topological polar surface area (TPSA) is 73.8 Å². The molecule has 6 nitrogen and oxygen atoms in total. The first-order valence-electron chi connectivity index (χ1n) is 8.30. The van der Waals surface area contributed by atoms with Gasteiger partial charge in [-0.1, -0.05) is 0 Å². The van der Waals surface area contributed by atoms with E-state index >= 15 is 0 Å². The second-order valence-electron chi connectivity index (χ2n) is 5.98. The number of hydrogen-bond acceptors (Lipinski definition) is 4. The molecule has 1 aliphatic heterocycles. The van der Waals surface area contributed by atoms with Gasteiger partial charge in [0.1, 0.15) is 0 Å². The number of rotatable bonds is 5. The van der Waals surface area contributed by atoms with E-state index in [1.807, 2.05) is 26.0 Å². The predicted molar refractivity (Wildman–Crippen MR) is 96.6 cm³/mol. The van der Waals surface area contributed by atoms with E-state index in [4.69, 9.17) is 0 Å². The van der Waals surface area contributed by atoms with Crippen LogP contribution < -0.4 is 10.6 Å². The molecule has 2 heterocycles. The third-order valence-electron chi connectivity index (χ3n) is 3.96. The van der Waals surface area contributed by atoms with E-state index in [2.05, 4.69) is 15.6 Å². The average Bonchev–Trinajstić information content (AvgIpc) is 2.98. The maximum atomic E-state index is 12.6. The van der Waals surface area contributed by atoms with Crippen molar-refractivity contribution < 1.29 is 21.6 Å². The van der Waals surface area contributed by atoms with Crippen molar-refractivity contribution in [3.05, 3.63) is 21.9 Å². The number of halogens is 3. The summed E-state index contributed by atoms with van der Waals surface area (Å²) in [7, 11) is -5.24. The first-order valence-corrected chi connectivity index (χ1v) is 10.6. The van der Waals surface area contributed by atoms with Crippen molar-refractivity contribution in [3.8, 4) is 0 Å². The summed E-state index contributed by atoms with van der Waals surface area (Å²) in [6.07, 6.45) is 0.579. The summed E-state index contributed by atoms with van der Waals surface area (Å²) in [4.78, 5) is 6.81. The zero-order valence-electron chi connectivity index (χ0n) is 14.6. The summed E-state index contributed by atoms with van der Waals surface area (Å²) in [5.41, 5.74) is -5.25. The van der Waals surface area contributed by atoms with E-state index in [1.165, 1.54) is 4.88 Å². The van der Waals surface area contributed by atoms with Crippen molar-refractivity contribution in [3.63, 3.8) is 0 Å². The molecule has 1 saturated heterocycles. The first kappa shape index (κ1) is 21.0. The lowest BCUT2D eigenvalue weighted by Crippen LogP contribution is -2.51. The van der Waals surface area contributed by atoms with Crippen LogP contribution >= 0.6 is 11.3 Å². The molecular formula is C15H23F3N4O2S2. The third-order valence-corrected chi connectivity index (χ3v) is 6.58. The summed E-state index contributed by atoms with van der Waals surface area (Å²) < 4.78 is 61.2. The van der Waals surface area contributed by atoms with Gasteiger partial charge < -0.3 is 10.6 Å². The van der Waals surface area contributed by atoms with Gasteiger partial charge in [-0.3, -0.25) is 0 Å². The zero-order chi connectivity index (χ0) is 19.4. The molecule has 0 radical (unpaired) electrons. The van der Waals surface area contributed by atoms with Crippen LogP contribution in [-0.4, -0.2) is 49.9 Å². The molecule has 0 amide bonds. The number of aryl methyl sites for hydroxylation is 1. The molecule has 0 aliphatic carbocycles. The highest BCUT2D eigenvalue weighted by atomic mass is 32.2. The summed E-state index contributed by atoms with van der Waals surface area (Å²) in [5.74, 6) is 0.579. The minimum absolute atomic E-state index is 0.127. The van der Waals surface area contributed by atoms with Crippen molar-refractivity contribution >= 4 is 27.3 Å². The summed E-state index contributed by atoms with van der Waals surface area (Å²) in [6.45, 7) is 4.77. The maximum absolute atomic E-state index is 12.6. The van der Waals surface area contributed by atoms with Crippen molar-refractivity contribution in [2.24, 2.45) is 4.99 Å². The van der Waals surface area contributed by atoms with Crippen LogP contribution in [0.3, 0.4) is 0 Å². The zero-order valence-corrected chi connectivity index (χ0v) is 16.3. The van der Waals surface area contributed by atoms with Crippen LogP contribution in [0.5, 0.6) is 0 Å². The van der Waals surface area contributed by atoms with Gasteiger partial charge in [0.25, 0.3) is 0 Å². The number of alkyl halides is 3. The quantitative estimate of drug-likeness (QED) is 0.576. The summed E-state index contributed by atoms with van der Waals surface area (Å²) >= 11 is 1.66. The third kappa shape index (κ3) is 5.34. The Hall–Kier alpha value is -1.33. The summed E-state index contributed by atoms with van der Waals surface area (Å²) in [5, 5.41) is 6.29. The molecule has 1 fully saturated rings. The van der Waals surface area contributed by atoms with Gasteiger partial charge in [-0.25, -0.2) is 13.4 Å². The van der Waals surface area contributed by atoms with Gasteiger partial charge in [-0.05, 0) is 38.8 Å². The smallest absolute Gasteiger partial charge is 0.357 e. The second-order valence-corrected chi connectivity index (χ2v) is 9.28. The molecule has 2 N–H and O–H groups in total. The fourth-order valence-corrected chi connectivity index (χ4v) is 4.43. The molecule has 0 spiro atoms. The van der Waals surface area contributed by atoms with Gasteiger partial charge in [0, 0.05) is 35.4 Å². The normalized spacial score (nSPS) is 18.1. The number of nitrogens with one attached hydrogen (secondary N) is 2. The van der Waals surface area contributed by atoms with Crippen LogP contribution in [0.4, 0.5) is 13.2 Å². The highest BCUT2D eigenvalue weighted by Gasteiger charge is 2.50. The largest absolute Gasteiger partial charge is 0.511 e. The van der Waals surface area contributed by atoms with E-state index in [0.717, 1.165) is 4.88 Å². The minimum atomic E-state index is -5.25. The first-order chi connectivity index (χ1) is 12.1. The molecule has 148 valence electrons. The second kappa shape index (κ2) is 8.57. The van der Waals surface area contributed by atoms with E-state index < -0.39 is 15.5 Å². The molecule has 0 unspecified atom stereocenters. The lowest BCUT2D eigenvalue weighted by molar-refractivity contribution is -0.0494. The number of aliphatic imine (C=N–C) groups is 1. The van der Waals surface area contributed by atoms with Gasteiger partial charge in [-0.2, -0.15) is 17.5 Å². The fraction of sp³-hybridized carbons (Fsp3) is 0.667. The highest BCUT2D eigenvalue weighted by Crippen LogP contribution is 2.28. The average molecular weight is 413 g/mol. The monoisotopic (exact) mass is 412 g/mol. The number of hydrogen-bond donors (Lipinski definition) is 2.